The van der Waals surface area contributed by atoms with Crippen LogP contribution >= 0.6 is 0 Å². The minimum atomic E-state index is -0.521. The summed E-state index contributed by atoms with van der Waals surface area (Å²) in [6.07, 6.45) is 0. The molecule has 2 aromatic carbocycles. The molecular formula is C16H16FN3O3. The molecule has 2 aromatic rings. The number of anilines is 2. The van der Waals surface area contributed by atoms with Gasteiger partial charge in [0.05, 0.1) is 13.7 Å². The molecule has 0 aliphatic heterocycles. The first-order valence-electron chi connectivity index (χ1n) is 6.81. The fourth-order valence-corrected chi connectivity index (χ4v) is 1.78. The van der Waals surface area contributed by atoms with Crippen molar-refractivity contribution >= 4 is 23.3 Å². The van der Waals surface area contributed by atoms with Crippen LogP contribution in [0, 0.1) is 5.82 Å². The van der Waals surface area contributed by atoms with E-state index in [9.17, 15) is 14.0 Å². The molecule has 0 saturated carbocycles. The third kappa shape index (κ3) is 5.31. The number of carbonyl (C=O) groups excluding carboxylic acids is 2. The molecule has 0 saturated heterocycles. The number of urea groups is 1. The monoisotopic (exact) mass is 317 g/mol. The summed E-state index contributed by atoms with van der Waals surface area (Å²) in [5.41, 5.74) is 0.993. The van der Waals surface area contributed by atoms with Gasteiger partial charge in [0.25, 0.3) is 0 Å². The van der Waals surface area contributed by atoms with E-state index in [1.54, 1.807) is 24.3 Å². The summed E-state index contributed by atoms with van der Waals surface area (Å²) in [4.78, 5) is 23.4. The lowest BCUT2D eigenvalue weighted by Crippen LogP contribution is -2.35. The Kier molecular flexibility index (Phi) is 5.51. The number of amides is 3. The summed E-state index contributed by atoms with van der Waals surface area (Å²) in [7, 11) is 1.53. The number of rotatable bonds is 5. The number of nitrogens with one attached hydrogen (secondary N) is 3. The molecule has 3 N–H and O–H groups in total. The van der Waals surface area contributed by atoms with Gasteiger partial charge in [-0.1, -0.05) is 6.07 Å². The molecule has 0 aromatic heterocycles. The predicted octanol–water partition coefficient (Wildman–Crippen LogP) is 2.59. The fourth-order valence-electron chi connectivity index (χ4n) is 1.78. The molecule has 0 unspecified atom stereocenters. The Morgan fingerprint density at radius 1 is 1.04 bits per heavy atom. The second-order valence-electron chi connectivity index (χ2n) is 4.59. The highest BCUT2D eigenvalue weighted by Gasteiger charge is 2.06. The summed E-state index contributed by atoms with van der Waals surface area (Å²) < 4.78 is 17.8. The number of benzene rings is 2. The van der Waals surface area contributed by atoms with Crippen molar-refractivity contribution in [2.45, 2.75) is 0 Å². The van der Waals surface area contributed by atoms with E-state index in [0.717, 1.165) is 0 Å². The van der Waals surface area contributed by atoms with E-state index in [1.807, 2.05) is 0 Å². The van der Waals surface area contributed by atoms with Gasteiger partial charge < -0.3 is 20.7 Å². The minimum absolute atomic E-state index is 0.215. The molecule has 120 valence electrons. The molecule has 23 heavy (non-hydrogen) atoms. The third-order valence-corrected chi connectivity index (χ3v) is 2.87. The maximum Gasteiger partial charge on any atom is 0.319 e. The van der Waals surface area contributed by atoms with Gasteiger partial charge in [-0.05, 0) is 36.4 Å². The first kappa shape index (κ1) is 16.3. The van der Waals surface area contributed by atoms with Crippen molar-refractivity contribution in [3.8, 4) is 5.75 Å². The van der Waals surface area contributed by atoms with Crippen LogP contribution in [0.1, 0.15) is 0 Å². The van der Waals surface area contributed by atoms with Crippen molar-refractivity contribution < 1.29 is 18.7 Å². The van der Waals surface area contributed by atoms with Crippen molar-refractivity contribution in [1.82, 2.24) is 5.32 Å². The largest absolute Gasteiger partial charge is 0.497 e. The van der Waals surface area contributed by atoms with Gasteiger partial charge in [0, 0.05) is 17.4 Å². The zero-order chi connectivity index (χ0) is 16.7. The van der Waals surface area contributed by atoms with E-state index in [-0.39, 0.29) is 6.54 Å². The Balaban J connectivity index is 1.79. The molecule has 0 aliphatic rings. The molecule has 0 spiro atoms. The van der Waals surface area contributed by atoms with Crippen molar-refractivity contribution in [2.75, 3.05) is 24.3 Å². The topological polar surface area (TPSA) is 79.5 Å². The summed E-state index contributed by atoms with van der Waals surface area (Å²) in [5, 5.41) is 7.55. The molecule has 6 nitrogen and oxygen atoms in total. The summed E-state index contributed by atoms with van der Waals surface area (Å²) in [6.45, 7) is -0.215. The standard InChI is InChI=1S/C16H16FN3O3/c1-23-14-4-2-3-13(9-14)20-16(22)18-10-15(21)19-12-7-5-11(17)6-8-12/h2-9H,10H2,1H3,(H,19,21)(H2,18,20,22). The predicted molar refractivity (Wildman–Crippen MR) is 85.0 cm³/mol. The van der Waals surface area contributed by atoms with E-state index in [1.165, 1.54) is 31.4 Å². The van der Waals surface area contributed by atoms with Gasteiger partial charge in [-0.15, -0.1) is 0 Å². The van der Waals surface area contributed by atoms with Crippen LogP contribution in [0.4, 0.5) is 20.6 Å². The van der Waals surface area contributed by atoms with Crippen molar-refractivity contribution in [3.05, 3.63) is 54.3 Å². The maximum absolute atomic E-state index is 12.8. The zero-order valence-corrected chi connectivity index (χ0v) is 12.4. The van der Waals surface area contributed by atoms with E-state index in [4.69, 9.17) is 4.74 Å². The average molecular weight is 317 g/mol. The third-order valence-electron chi connectivity index (χ3n) is 2.87. The second-order valence-corrected chi connectivity index (χ2v) is 4.59. The van der Waals surface area contributed by atoms with Crippen molar-refractivity contribution in [2.24, 2.45) is 0 Å². The molecule has 3 amide bonds. The smallest absolute Gasteiger partial charge is 0.319 e. The van der Waals surface area contributed by atoms with E-state index in [2.05, 4.69) is 16.0 Å². The molecule has 0 fully saturated rings. The van der Waals surface area contributed by atoms with Crippen molar-refractivity contribution in [3.63, 3.8) is 0 Å². The SMILES string of the molecule is COc1cccc(NC(=O)NCC(=O)Nc2ccc(F)cc2)c1. The van der Waals surface area contributed by atoms with Gasteiger partial charge in [-0.25, -0.2) is 9.18 Å². The van der Waals surface area contributed by atoms with Crippen molar-refractivity contribution in [1.29, 1.82) is 0 Å². The summed E-state index contributed by atoms with van der Waals surface area (Å²) in [6, 6.07) is 11.6. The number of hydrogen-bond acceptors (Lipinski definition) is 3. The first-order chi connectivity index (χ1) is 11.1. The molecular weight excluding hydrogens is 301 g/mol. The Labute approximate surface area is 132 Å². The number of ether oxygens (including phenoxy) is 1. The van der Waals surface area contributed by atoms with Crippen LogP contribution in [0.25, 0.3) is 0 Å². The lowest BCUT2D eigenvalue weighted by Gasteiger charge is -2.09. The van der Waals surface area contributed by atoms with E-state index < -0.39 is 17.8 Å². The molecule has 0 aliphatic carbocycles. The Morgan fingerprint density at radius 2 is 1.78 bits per heavy atom. The van der Waals surface area contributed by atoms with Crippen LogP contribution in [-0.2, 0) is 4.79 Å². The molecule has 0 bridgehead atoms. The van der Waals surface area contributed by atoms with Crippen LogP contribution in [0.5, 0.6) is 5.75 Å². The quantitative estimate of drug-likeness (QED) is 0.793. The highest BCUT2D eigenvalue weighted by Crippen LogP contribution is 2.16. The van der Waals surface area contributed by atoms with Gasteiger partial charge in [0.1, 0.15) is 11.6 Å². The lowest BCUT2D eigenvalue weighted by molar-refractivity contribution is -0.115. The first-order valence-corrected chi connectivity index (χ1v) is 6.81. The maximum atomic E-state index is 12.8. The van der Waals surface area contributed by atoms with Crippen LogP contribution in [0.2, 0.25) is 0 Å². The number of methoxy groups -OCH3 is 1. The zero-order valence-electron chi connectivity index (χ0n) is 12.4. The minimum Gasteiger partial charge on any atom is -0.497 e. The molecule has 0 heterocycles. The van der Waals surface area contributed by atoms with Crippen LogP contribution < -0.4 is 20.7 Å². The van der Waals surface area contributed by atoms with Gasteiger partial charge >= 0.3 is 6.03 Å². The van der Waals surface area contributed by atoms with E-state index in [0.29, 0.717) is 17.1 Å². The van der Waals surface area contributed by atoms with Crippen LogP contribution in [-0.4, -0.2) is 25.6 Å². The number of hydrogen-bond donors (Lipinski definition) is 3. The molecule has 2 rings (SSSR count). The Morgan fingerprint density at radius 3 is 2.48 bits per heavy atom. The molecule has 7 heteroatoms. The molecule has 0 radical (unpaired) electrons. The average Bonchev–Trinajstić information content (AvgIpc) is 2.55. The van der Waals surface area contributed by atoms with Gasteiger partial charge in [0.2, 0.25) is 5.91 Å². The summed E-state index contributed by atoms with van der Waals surface area (Å²) >= 11 is 0. The fraction of sp³-hybridized carbons (Fsp3) is 0.125. The van der Waals surface area contributed by atoms with Gasteiger partial charge in [-0.2, -0.15) is 0 Å². The van der Waals surface area contributed by atoms with Crippen LogP contribution in [0.15, 0.2) is 48.5 Å². The highest BCUT2D eigenvalue weighted by molar-refractivity contribution is 5.96. The normalized spacial score (nSPS) is 9.83. The lowest BCUT2D eigenvalue weighted by atomic mass is 10.3. The van der Waals surface area contributed by atoms with Crippen LogP contribution in [0.3, 0.4) is 0 Å². The van der Waals surface area contributed by atoms with Gasteiger partial charge in [0.15, 0.2) is 0 Å². The second kappa shape index (κ2) is 7.79. The number of halogens is 1. The number of carbonyl (C=O) groups is 2. The summed E-state index contributed by atoms with van der Waals surface area (Å²) in [5.74, 6) is -0.201. The Hall–Kier alpha value is -3.09. The Bertz CT molecular complexity index is 689. The molecule has 0 atom stereocenters. The van der Waals surface area contributed by atoms with Gasteiger partial charge in [-0.3, -0.25) is 4.79 Å². The van der Waals surface area contributed by atoms with E-state index >= 15 is 0 Å². The highest BCUT2D eigenvalue weighted by atomic mass is 19.1.